The SMILES string of the molecule is Cn1cnc2ncn(Cc3nc([C@@H]4[C@@H]5CN(c6ccc7ccncc7c6)C[C@@H]54)no3)c(=O)c21. The molecule has 0 unspecified atom stereocenters. The van der Waals surface area contributed by atoms with Gasteiger partial charge in [-0.3, -0.25) is 14.3 Å². The number of rotatable bonds is 4. The van der Waals surface area contributed by atoms with Crippen LogP contribution in [0.15, 0.2) is 58.6 Å². The number of imidazole rings is 1. The first-order valence-corrected chi connectivity index (χ1v) is 10.9. The molecule has 33 heavy (non-hydrogen) atoms. The van der Waals surface area contributed by atoms with E-state index >= 15 is 0 Å². The van der Waals surface area contributed by atoms with E-state index in [-0.39, 0.29) is 12.1 Å². The van der Waals surface area contributed by atoms with Crippen molar-refractivity contribution in [3.05, 3.63) is 71.4 Å². The number of fused-ring (bicyclic) bond motifs is 3. The number of anilines is 1. The molecule has 1 saturated heterocycles. The summed E-state index contributed by atoms with van der Waals surface area (Å²) >= 11 is 0. The average Bonchev–Trinajstić information content (AvgIpc) is 3.24. The maximum Gasteiger partial charge on any atom is 0.280 e. The zero-order valence-corrected chi connectivity index (χ0v) is 17.9. The van der Waals surface area contributed by atoms with Gasteiger partial charge in [0.05, 0.1) is 6.33 Å². The first-order valence-electron chi connectivity index (χ1n) is 10.9. The minimum Gasteiger partial charge on any atom is -0.371 e. The number of hydrogen-bond donors (Lipinski definition) is 0. The van der Waals surface area contributed by atoms with E-state index in [1.54, 1.807) is 17.9 Å². The summed E-state index contributed by atoms with van der Waals surface area (Å²) in [6.07, 6.45) is 6.79. The van der Waals surface area contributed by atoms with Crippen molar-refractivity contribution in [2.75, 3.05) is 18.0 Å². The van der Waals surface area contributed by atoms with E-state index in [4.69, 9.17) is 4.52 Å². The third kappa shape index (κ3) is 2.86. The maximum atomic E-state index is 12.7. The smallest absolute Gasteiger partial charge is 0.280 e. The molecule has 0 radical (unpaired) electrons. The summed E-state index contributed by atoms with van der Waals surface area (Å²) in [6, 6.07) is 8.57. The lowest BCUT2D eigenvalue weighted by Gasteiger charge is -2.21. The fourth-order valence-corrected chi connectivity index (χ4v) is 5.19. The largest absolute Gasteiger partial charge is 0.371 e. The highest BCUT2D eigenvalue weighted by Gasteiger charge is 2.58. The van der Waals surface area contributed by atoms with E-state index in [0.717, 1.165) is 24.3 Å². The van der Waals surface area contributed by atoms with E-state index in [2.05, 4.69) is 48.2 Å². The van der Waals surface area contributed by atoms with Crippen molar-refractivity contribution < 1.29 is 4.52 Å². The quantitative estimate of drug-likeness (QED) is 0.417. The number of aryl methyl sites for hydroxylation is 1. The highest BCUT2D eigenvalue weighted by Crippen LogP contribution is 2.58. The first kappa shape index (κ1) is 18.5. The van der Waals surface area contributed by atoms with Crippen LogP contribution in [0.3, 0.4) is 0 Å². The lowest BCUT2D eigenvalue weighted by Crippen LogP contribution is -2.23. The molecule has 1 aromatic carbocycles. The summed E-state index contributed by atoms with van der Waals surface area (Å²) in [4.78, 5) is 32.4. The molecule has 1 aliphatic heterocycles. The summed E-state index contributed by atoms with van der Waals surface area (Å²) in [5, 5.41) is 6.59. The van der Waals surface area contributed by atoms with Crippen molar-refractivity contribution in [3.63, 3.8) is 0 Å². The van der Waals surface area contributed by atoms with Gasteiger partial charge in [0.15, 0.2) is 17.0 Å². The fraction of sp³-hybridized carbons (Fsp3) is 0.304. The summed E-state index contributed by atoms with van der Waals surface area (Å²) in [6.45, 7) is 2.15. The Morgan fingerprint density at radius 1 is 1.09 bits per heavy atom. The van der Waals surface area contributed by atoms with Crippen LogP contribution in [-0.4, -0.2) is 47.3 Å². The van der Waals surface area contributed by atoms with Crippen LogP contribution >= 0.6 is 0 Å². The Morgan fingerprint density at radius 2 is 1.94 bits per heavy atom. The van der Waals surface area contributed by atoms with Gasteiger partial charge in [0.1, 0.15) is 12.9 Å². The lowest BCUT2D eigenvalue weighted by molar-refractivity contribution is 0.363. The van der Waals surface area contributed by atoms with Gasteiger partial charge in [0.2, 0.25) is 5.89 Å². The van der Waals surface area contributed by atoms with Crippen molar-refractivity contribution in [1.82, 2.24) is 34.2 Å². The van der Waals surface area contributed by atoms with Crippen molar-refractivity contribution in [2.45, 2.75) is 12.5 Å². The van der Waals surface area contributed by atoms with Crippen LogP contribution in [0, 0.1) is 11.8 Å². The molecular weight excluding hydrogens is 420 g/mol. The summed E-state index contributed by atoms with van der Waals surface area (Å²) in [5.41, 5.74) is 1.94. The number of benzene rings is 1. The highest BCUT2D eigenvalue weighted by atomic mass is 16.5. The van der Waals surface area contributed by atoms with Crippen LogP contribution in [0.4, 0.5) is 5.69 Å². The lowest BCUT2D eigenvalue weighted by atomic mass is 10.1. The van der Waals surface area contributed by atoms with Crippen molar-refractivity contribution in [2.24, 2.45) is 18.9 Å². The van der Waals surface area contributed by atoms with Gasteiger partial charge in [-0.2, -0.15) is 4.98 Å². The number of pyridine rings is 1. The third-order valence-electron chi connectivity index (χ3n) is 6.97. The van der Waals surface area contributed by atoms with Crippen LogP contribution in [0.5, 0.6) is 0 Å². The molecule has 3 atom stereocenters. The van der Waals surface area contributed by atoms with Gasteiger partial charge in [-0.1, -0.05) is 11.2 Å². The minimum atomic E-state index is -0.177. The predicted molar refractivity (Wildman–Crippen MR) is 120 cm³/mol. The third-order valence-corrected chi connectivity index (χ3v) is 6.97. The zero-order valence-electron chi connectivity index (χ0n) is 17.9. The number of aromatic nitrogens is 7. The molecule has 1 aliphatic carbocycles. The standard InChI is InChI=1S/C23H20N8O2/c1-29-11-25-22-20(29)23(32)31(12-26-22)10-18-27-21(28-33-18)19-16-8-30(9-17(16)19)15-3-2-13-4-5-24-7-14(13)6-15/h2-7,11-12,16-17,19H,8-10H2,1H3/t16-,17+,19-. The van der Waals surface area contributed by atoms with Gasteiger partial charge in [-0.15, -0.1) is 0 Å². The monoisotopic (exact) mass is 440 g/mol. The molecule has 164 valence electrons. The Labute approximate surface area is 187 Å². The molecule has 2 fully saturated rings. The Morgan fingerprint density at radius 3 is 2.82 bits per heavy atom. The molecule has 0 N–H and O–H groups in total. The second-order valence-corrected chi connectivity index (χ2v) is 8.92. The second-order valence-electron chi connectivity index (χ2n) is 8.92. The van der Waals surface area contributed by atoms with E-state index in [9.17, 15) is 4.79 Å². The molecular formula is C23H20N8O2. The van der Waals surface area contributed by atoms with E-state index in [1.165, 1.54) is 22.0 Å². The van der Waals surface area contributed by atoms with Gasteiger partial charge in [0, 0.05) is 49.5 Å². The molecule has 10 heteroatoms. The molecule has 2 aliphatic rings. The molecule has 0 bridgehead atoms. The van der Waals surface area contributed by atoms with E-state index in [1.807, 2.05) is 18.5 Å². The van der Waals surface area contributed by atoms with Gasteiger partial charge in [-0.05, 0) is 35.4 Å². The summed E-state index contributed by atoms with van der Waals surface area (Å²) < 4.78 is 8.63. The average molecular weight is 440 g/mol. The minimum absolute atomic E-state index is 0.177. The van der Waals surface area contributed by atoms with Crippen LogP contribution in [0.2, 0.25) is 0 Å². The first-order chi connectivity index (χ1) is 16.2. The number of hydrogen-bond acceptors (Lipinski definition) is 8. The van der Waals surface area contributed by atoms with Crippen molar-refractivity contribution >= 4 is 27.6 Å². The molecule has 4 aromatic heterocycles. The van der Waals surface area contributed by atoms with Crippen LogP contribution in [0.25, 0.3) is 21.9 Å². The molecule has 7 rings (SSSR count). The second kappa shape index (κ2) is 6.71. The Bertz CT molecular complexity index is 1570. The summed E-state index contributed by atoms with van der Waals surface area (Å²) in [7, 11) is 1.78. The Kier molecular flexibility index (Phi) is 3.76. The zero-order chi connectivity index (χ0) is 22.1. The fourth-order valence-electron chi connectivity index (χ4n) is 5.19. The molecule has 0 spiro atoms. The molecule has 5 heterocycles. The van der Waals surface area contributed by atoms with Crippen molar-refractivity contribution in [1.29, 1.82) is 0 Å². The predicted octanol–water partition coefficient (Wildman–Crippen LogP) is 1.96. The van der Waals surface area contributed by atoms with E-state index in [0.29, 0.717) is 34.8 Å². The molecule has 5 aromatic rings. The van der Waals surface area contributed by atoms with Gasteiger partial charge < -0.3 is 14.0 Å². The van der Waals surface area contributed by atoms with Crippen molar-refractivity contribution in [3.8, 4) is 0 Å². The molecule has 1 saturated carbocycles. The van der Waals surface area contributed by atoms with Crippen LogP contribution in [-0.2, 0) is 13.6 Å². The highest BCUT2D eigenvalue weighted by molar-refractivity contribution is 5.85. The molecule has 10 nitrogen and oxygen atoms in total. The van der Waals surface area contributed by atoms with Gasteiger partial charge in [0.25, 0.3) is 5.56 Å². The van der Waals surface area contributed by atoms with E-state index < -0.39 is 0 Å². The van der Waals surface area contributed by atoms with Gasteiger partial charge >= 0.3 is 0 Å². The van der Waals surface area contributed by atoms with Crippen LogP contribution in [0.1, 0.15) is 17.6 Å². The Hall–Kier alpha value is -4.08. The topological polar surface area (TPSA) is 108 Å². The normalized spacial score (nSPS) is 21.7. The maximum absolute atomic E-state index is 12.7. The molecule has 0 amide bonds. The summed E-state index contributed by atoms with van der Waals surface area (Å²) in [5.74, 6) is 2.52. The number of piperidine rings is 1. The van der Waals surface area contributed by atoms with Crippen LogP contribution < -0.4 is 10.5 Å². The number of nitrogens with zero attached hydrogens (tertiary/aromatic N) is 8. The Balaban J connectivity index is 1.06. The van der Waals surface area contributed by atoms with Gasteiger partial charge in [-0.25, -0.2) is 9.97 Å².